The molecular weight excluding hydrogens is 372 g/mol. The Balaban J connectivity index is 1.46. The fraction of sp³-hybridized carbons (Fsp3) is 0.391. The van der Waals surface area contributed by atoms with Crippen LogP contribution < -0.4 is 4.90 Å². The Morgan fingerprint density at radius 3 is 2.45 bits per heavy atom. The molecule has 2 aromatic rings. The summed E-state index contributed by atoms with van der Waals surface area (Å²) < 4.78 is 26.5. The second kappa shape index (κ2) is 8.72. The van der Waals surface area contributed by atoms with E-state index in [1.807, 2.05) is 23.1 Å². The van der Waals surface area contributed by atoms with Crippen molar-refractivity contribution in [3.63, 3.8) is 0 Å². The largest absolute Gasteiger partial charge is 0.355 e. The molecule has 0 radical (unpaired) electrons. The van der Waals surface area contributed by atoms with E-state index in [0.717, 1.165) is 63.7 Å². The van der Waals surface area contributed by atoms with E-state index in [9.17, 15) is 13.6 Å². The van der Waals surface area contributed by atoms with Crippen LogP contribution in [0.2, 0.25) is 0 Å². The third kappa shape index (κ3) is 4.47. The number of pyridine rings is 1. The molecule has 2 saturated heterocycles. The van der Waals surface area contributed by atoms with Crippen molar-refractivity contribution < 1.29 is 13.6 Å². The Kier molecular flexibility index (Phi) is 5.88. The molecule has 0 atom stereocenters. The molecule has 0 aliphatic carbocycles. The number of piperidine rings is 2. The van der Waals surface area contributed by atoms with Crippen LogP contribution in [0.15, 0.2) is 42.1 Å². The van der Waals surface area contributed by atoms with E-state index in [1.54, 1.807) is 12.3 Å². The predicted octanol–water partition coefficient (Wildman–Crippen LogP) is 4.67. The second-order valence-electron chi connectivity index (χ2n) is 7.69. The van der Waals surface area contributed by atoms with Crippen molar-refractivity contribution in [2.24, 2.45) is 0 Å². The maximum atomic E-state index is 13.4. The molecule has 0 unspecified atom stereocenters. The zero-order valence-corrected chi connectivity index (χ0v) is 16.4. The van der Waals surface area contributed by atoms with Crippen molar-refractivity contribution in [2.45, 2.75) is 32.1 Å². The smallest absolute Gasteiger partial charge is 0.257 e. The predicted molar refractivity (Wildman–Crippen MR) is 110 cm³/mol. The Bertz CT molecular complexity index is 912. The van der Waals surface area contributed by atoms with Gasteiger partial charge in [0.2, 0.25) is 0 Å². The van der Waals surface area contributed by atoms with E-state index in [0.29, 0.717) is 11.1 Å². The molecule has 0 saturated carbocycles. The molecule has 4 nitrogen and oxygen atoms in total. The van der Waals surface area contributed by atoms with Gasteiger partial charge >= 0.3 is 0 Å². The molecule has 0 spiro atoms. The highest BCUT2D eigenvalue weighted by molar-refractivity contribution is 5.99. The monoisotopic (exact) mass is 397 g/mol. The van der Waals surface area contributed by atoms with Crippen LogP contribution in [0, 0.1) is 11.6 Å². The van der Waals surface area contributed by atoms with Crippen molar-refractivity contribution in [3.8, 4) is 0 Å². The minimum Gasteiger partial charge on any atom is -0.355 e. The number of rotatable bonds is 3. The van der Waals surface area contributed by atoms with E-state index in [1.165, 1.54) is 18.1 Å². The number of hydrogen-bond donors (Lipinski definition) is 0. The first-order chi connectivity index (χ1) is 14.1. The molecule has 2 aliphatic rings. The van der Waals surface area contributed by atoms with Crippen LogP contribution in [0.3, 0.4) is 0 Å². The van der Waals surface area contributed by atoms with Crippen LogP contribution >= 0.6 is 0 Å². The first kappa shape index (κ1) is 19.6. The van der Waals surface area contributed by atoms with Gasteiger partial charge in [0.05, 0.1) is 5.56 Å². The maximum Gasteiger partial charge on any atom is 0.257 e. The number of amides is 1. The van der Waals surface area contributed by atoms with Crippen LogP contribution in [0.1, 0.15) is 48.0 Å². The molecule has 4 rings (SSSR count). The van der Waals surface area contributed by atoms with E-state index >= 15 is 0 Å². The topological polar surface area (TPSA) is 36.4 Å². The Morgan fingerprint density at radius 2 is 1.72 bits per heavy atom. The second-order valence-corrected chi connectivity index (χ2v) is 7.69. The normalized spacial score (nSPS) is 17.4. The highest BCUT2D eigenvalue weighted by Gasteiger charge is 2.25. The molecule has 29 heavy (non-hydrogen) atoms. The van der Waals surface area contributed by atoms with Crippen molar-refractivity contribution in [3.05, 3.63) is 64.9 Å². The Labute approximate surface area is 169 Å². The summed E-state index contributed by atoms with van der Waals surface area (Å²) in [5.74, 6) is -0.847. The average Bonchev–Trinajstić information content (AvgIpc) is 2.77. The van der Waals surface area contributed by atoms with Gasteiger partial charge in [0.25, 0.3) is 5.91 Å². The lowest BCUT2D eigenvalue weighted by Crippen LogP contribution is -2.38. The van der Waals surface area contributed by atoms with Crippen molar-refractivity contribution in [2.75, 3.05) is 31.1 Å². The van der Waals surface area contributed by atoms with Crippen molar-refractivity contribution >= 4 is 17.8 Å². The SMILES string of the molecule is O=C(c1cccnc1N1CCC(=Cc2ccc(F)c(F)c2)CC1)N1CCCCC1. The van der Waals surface area contributed by atoms with Crippen molar-refractivity contribution in [1.29, 1.82) is 0 Å². The van der Waals surface area contributed by atoms with Gasteiger partial charge < -0.3 is 9.80 Å². The van der Waals surface area contributed by atoms with Gasteiger partial charge in [-0.25, -0.2) is 13.8 Å². The summed E-state index contributed by atoms with van der Waals surface area (Å²) in [6.45, 7) is 3.11. The van der Waals surface area contributed by atoms with Crippen LogP contribution in [-0.4, -0.2) is 42.0 Å². The van der Waals surface area contributed by atoms with E-state index in [2.05, 4.69) is 9.88 Å². The van der Waals surface area contributed by atoms with Gasteiger partial charge in [0.15, 0.2) is 11.6 Å². The number of halogens is 2. The fourth-order valence-corrected chi connectivity index (χ4v) is 4.07. The minimum absolute atomic E-state index is 0.0657. The Morgan fingerprint density at radius 1 is 0.966 bits per heavy atom. The standard InChI is InChI=1S/C23H25F2N3O/c24-20-7-6-18(16-21(20)25)15-17-8-13-27(14-9-17)22-19(5-4-10-26-22)23(29)28-11-2-1-3-12-28/h4-7,10,15-16H,1-3,8-9,11-14H2. The highest BCUT2D eigenvalue weighted by Crippen LogP contribution is 2.27. The number of anilines is 1. The molecule has 2 fully saturated rings. The van der Waals surface area contributed by atoms with Crippen molar-refractivity contribution in [1.82, 2.24) is 9.88 Å². The van der Waals surface area contributed by atoms with E-state index in [4.69, 9.17) is 0 Å². The molecule has 3 heterocycles. The Hall–Kier alpha value is -2.76. The number of aromatic nitrogens is 1. The van der Waals surface area contributed by atoms with Gasteiger partial charge in [-0.2, -0.15) is 0 Å². The van der Waals surface area contributed by atoms with Crippen LogP contribution in [0.5, 0.6) is 0 Å². The highest BCUT2D eigenvalue weighted by atomic mass is 19.2. The summed E-state index contributed by atoms with van der Waals surface area (Å²) >= 11 is 0. The number of carbonyl (C=O) groups excluding carboxylic acids is 1. The molecule has 2 aliphatic heterocycles. The maximum absolute atomic E-state index is 13.4. The number of carbonyl (C=O) groups is 1. The van der Waals surface area contributed by atoms with E-state index in [-0.39, 0.29) is 5.91 Å². The molecule has 0 N–H and O–H groups in total. The lowest BCUT2D eigenvalue weighted by atomic mass is 10.00. The summed E-state index contributed by atoms with van der Waals surface area (Å²) in [5.41, 5.74) is 2.53. The molecule has 1 aromatic carbocycles. The number of likely N-dealkylation sites (tertiary alicyclic amines) is 1. The molecule has 1 amide bonds. The van der Waals surface area contributed by atoms with Gasteiger partial charge in [-0.3, -0.25) is 4.79 Å². The van der Waals surface area contributed by atoms with Crippen LogP contribution in [-0.2, 0) is 0 Å². The molecule has 1 aromatic heterocycles. The van der Waals surface area contributed by atoms with Crippen LogP contribution in [0.25, 0.3) is 6.08 Å². The summed E-state index contributed by atoms with van der Waals surface area (Å²) in [4.78, 5) is 21.6. The molecule has 6 heteroatoms. The summed E-state index contributed by atoms with van der Waals surface area (Å²) in [7, 11) is 0. The summed E-state index contributed by atoms with van der Waals surface area (Å²) in [6, 6.07) is 7.66. The van der Waals surface area contributed by atoms with Gasteiger partial charge in [-0.15, -0.1) is 0 Å². The number of benzene rings is 1. The van der Waals surface area contributed by atoms with Gasteiger partial charge in [-0.05, 0) is 61.9 Å². The van der Waals surface area contributed by atoms with Gasteiger partial charge in [0, 0.05) is 32.4 Å². The molecular formula is C23H25F2N3O. The zero-order valence-electron chi connectivity index (χ0n) is 16.4. The minimum atomic E-state index is -0.831. The first-order valence-corrected chi connectivity index (χ1v) is 10.3. The molecule has 152 valence electrons. The number of hydrogen-bond acceptors (Lipinski definition) is 3. The summed E-state index contributed by atoms with van der Waals surface area (Å²) in [5, 5.41) is 0. The molecule has 0 bridgehead atoms. The van der Waals surface area contributed by atoms with Gasteiger partial charge in [0.1, 0.15) is 5.82 Å². The lowest BCUT2D eigenvalue weighted by Gasteiger charge is -2.32. The average molecular weight is 397 g/mol. The van der Waals surface area contributed by atoms with Crippen LogP contribution in [0.4, 0.5) is 14.6 Å². The number of nitrogens with zero attached hydrogens (tertiary/aromatic N) is 3. The lowest BCUT2D eigenvalue weighted by molar-refractivity contribution is 0.0724. The fourth-order valence-electron chi connectivity index (χ4n) is 4.07. The third-order valence-electron chi connectivity index (χ3n) is 5.68. The van der Waals surface area contributed by atoms with E-state index < -0.39 is 11.6 Å². The quantitative estimate of drug-likeness (QED) is 0.755. The third-order valence-corrected chi connectivity index (χ3v) is 5.68. The van der Waals surface area contributed by atoms with Gasteiger partial charge in [-0.1, -0.05) is 17.7 Å². The summed E-state index contributed by atoms with van der Waals surface area (Å²) in [6.07, 6.45) is 8.56. The zero-order chi connectivity index (χ0) is 20.2. The first-order valence-electron chi connectivity index (χ1n) is 10.3.